The Labute approximate surface area is 89.7 Å². The normalized spacial score (nSPS) is 12.7. The molecule has 4 heteroatoms. The molecule has 0 spiro atoms. The van der Waals surface area contributed by atoms with Crippen LogP contribution in [0.15, 0.2) is 49.1 Å². The first-order chi connectivity index (χ1) is 7.15. The summed E-state index contributed by atoms with van der Waals surface area (Å²) in [6, 6.07) is 6.62. The highest BCUT2D eigenvalue weighted by molar-refractivity contribution is 6.58. The van der Waals surface area contributed by atoms with Crippen LogP contribution in [0.25, 0.3) is 0 Å². The van der Waals surface area contributed by atoms with Crippen LogP contribution in [0.1, 0.15) is 11.6 Å². The van der Waals surface area contributed by atoms with Gasteiger partial charge in [-0.15, -0.1) is 0 Å². The van der Waals surface area contributed by atoms with Crippen LogP contribution >= 0.6 is 0 Å². The molecule has 4 N–H and O–H groups in total. The molecule has 1 rings (SSSR count). The topological polar surface area (TPSA) is 66.5 Å². The zero-order chi connectivity index (χ0) is 11.3. The highest BCUT2D eigenvalue weighted by atomic mass is 16.4. The quantitative estimate of drug-likeness (QED) is 0.480. The lowest BCUT2D eigenvalue weighted by Gasteiger charge is -2.07. The number of rotatable bonds is 4. The van der Waals surface area contributed by atoms with E-state index in [9.17, 15) is 0 Å². The SMILES string of the molecule is C=C/C=C\C(N)c1ccc(B(O)O)cc1. The van der Waals surface area contributed by atoms with E-state index in [2.05, 4.69) is 6.58 Å². The van der Waals surface area contributed by atoms with Gasteiger partial charge in [0, 0.05) is 6.04 Å². The summed E-state index contributed by atoms with van der Waals surface area (Å²) >= 11 is 0. The van der Waals surface area contributed by atoms with E-state index in [0.717, 1.165) is 5.56 Å². The van der Waals surface area contributed by atoms with Gasteiger partial charge >= 0.3 is 7.12 Å². The molecule has 0 aromatic heterocycles. The van der Waals surface area contributed by atoms with Gasteiger partial charge in [-0.3, -0.25) is 0 Å². The van der Waals surface area contributed by atoms with Gasteiger partial charge in [0.25, 0.3) is 0 Å². The number of benzene rings is 1. The van der Waals surface area contributed by atoms with E-state index in [0.29, 0.717) is 5.46 Å². The summed E-state index contributed by atoms with van der Waals surface area (Å²) in [6.45, 7) is 3.56. The van der Waals surface area contributed by atoms with Crippen molar-refractivity contribution in [2.45, 2.75) is 6.04 Å². The fourth-order valence-electron chi connectivity index (χ4n) is 1.20. The first-order valence-corrected chi connectivity index (χ1v) is 4.66. The van der Waals surface area contributed by atoms with Crippen LogP contribution in [0.2, 0.25) is 0 Å². The molecule has 0 aliphatic heterocycles. The van der Waals surface area contributed by atoms with Crippen LogP contribution in [0, 0.1) is 0 Å². The molecule has 0 aliphatic rings. The second kappa shape index (κ2) is 5.51. The van der Waals surface area contributed by atoms with Crippen LogP contribution in [-0.2, 0) is 0 Å². The van der Waals surface area contributed by atoms with Crippen LogP contribution in [0.3, 0.4) is 0 Å². The van der Waals surface area contributed by atoms with Crippen molar-refractivity contribution in [3.05, 3.63) is 54.6 Å². The number of hydrogen-bond acceptors (Lipinski definition) is 3. The van der Waals surface area contributed by atoms with Crippen LogP contribution in [-0.4, -0.2) is 17.2 Å². The lowest BCUT2D eigenvalue weighted by molar-refractivity contribution is 0.426. The molecular weight excluding hydrogens is 189 g/mol. The van der Waals surface area contributed by atoms with Crippen LogP contribution < -0.4 is 11.2 Å². The summed E-state index contributed by atoms with van der Waals surface area (Å²) in [5.41, 5.74) is 7.22. The van der Waals surface area contributed by atoms with Crippen molar-refractivity contribution in [2.75, 3.05) is 0 Å². The molecule has 1 atom stereocenters. The predicted octanol–water partition coefficient (Wildman–Crippen LogP) is 0.108. The van der Waals surface area contributed by atoms with E-state index in [4.69, 9.17) is 15.8 Å². The number of hydrogen-bond donors (Lipinski definition) is 3. The molecular formula is C11H14BNO2. The molecule has 0 aliphatic carbocycles. The Morgan fingerprint density at radius 1 is 1.27 bits per heavy atom. The zero-order valence-corrected chi connectivity index (χ0v) is 8.38. The highest BCUT2D eigenvalue weighted by Crippen LogP contribution is 2.09. The van der Waals surface area contributed by atoms with Gasteiger partial charge in [-0.2, -0.15) is 0 Å². The third-order valence-electron chi connectivity index (χ3n) is 2.07. The molecule has 0 radical (unpaired) electrons. The van der Waals surface area contributed by atoms with Crippen molar-refractivity contribution in [3.63, 3.8) is 0 Å². The average molecular weight is 203 g/mol. The first kappa shape index (κ1) is 11.7. The van der Waals surface area contributed by atoms with Crippen molar-refractivity contribution >= 4 is 12.6 Å². The van der Waals surface area contributed by atoms with E-state index in [1.165, 1.54) is 0 Å². The van der Waals surface area contributed by atoms with Crippen molar-refractivity contribution < 1.29 is 10.0 Å². The molecule has 1 aromatic carbocycles. The van der Waals surface area contributed by atoms with Crippen molar-refractivity contribution in [3.8, 4) is 0 Å². The lowest BCUT2D eigenvalue weighted by Crippen LogP contribution is -2.29. The van der Waals surface area contributed by atoms with Gasteiger partial charge in [-0.25, -0.2) is 0 Å². The van der Waals surface area contributed by atoms with E-state index < -0.39 is 7.12 Å². The zero-order valence-electron chi connectivity index (χ0n) is 8.38. The van der Waals surface area contributed by atoms with Gasteiger partial charge in [0.15, 0.2) is 0 Å². The Hall–Kier alpha value is -1.36. The highest BCUT2D eigenvalue weighted by Gasteiger charge is 2.10. The minimum absolute atomic E-state index is 0.201. The summed E-state index contributed by atoms with van der Waals surface area (Å²) in [4.78, 5) is 0. The predicted molar refractivity (Wildman–Crippen MR) is 62.5 cm³/mol. The van der Waals surface area contributed by atoms with Crippen molar-refractivity contribution in [2.24, 2.45) is 5.73 Å². The second-order valence-electron chi connectivity index (χ2n) is 3.19. The van der Waals surface area contributed by atoms with Crippen molar-refractivity contribution in [1.82, 2.24) is 0 Å². The largest absolute Gasteiger partial charge is 0.488 e. The lowest BCUT2D eigenvalue weighted by atomic mass is 9.80. The molecule has 0 fully saturated rings. The van der Waals surface area contributed by atoms with Gasteiger partial charge in [0.1, 0.15) is 0 Å². The van der Waals surface area contributed by atoms with E-state index in [-0.39, 0.29) is 6.04 Å². The Bertz CT molecular complexity index is 346. The molecule has 78 valence electrons. The monoisotopic (exact) mass is 203 g/mol. The Morgan fingerprint density at radius 2 is 1.87 bits per heavy atom. The Kier molecular flexibility index (Phi) is 4.30. The molecule has 0 heterocycles. The summed E-state index contributed by atoms with van der Waals surface area (Å²) in [5.74, 6) is 0. The smallest absolute Gasteiger partial charge is 0.423 e. The van der Waals surface area contributed by atoms with E-state index in [1.54, 1.807) is 36.4 Å². The minimum atomic E-state index is -1.43. The minimum Gasteiger partial charge on any atom is -0.423 e. The molecule has 0 saturated heterocycles. The fourth-order valence-corrected chi connectivity index (χ4v) is 1.20. The average Bonchev–Trinajstić information content (AvgIpc) is 2.26. The number of nitrogens with two attached hydrogens (primary N) is 1. The summed E-state index contributed by atoms with van der Waals surface area (Å²) in [6.07, 6.45) is 5.25. The third kappa shape index (κ3) is 3.36. The fraction of sp³-hybridized carbons (Fsp3) is 0.0909. The van der Waals surface area contributed by atoms with Gasteiger partial charge in [0.2, 0.25) is 0 Å². The summed E-state index contributed by atoms with van der Waals surface area (Å²) < 4.78 is 0. The first-order valence-electron chi connectivity index (χ1n) is 4.66. The van der Waals surface area contributed by atoms with Gasteiger partial charge in [-0.1, -0.05) is 49.1 Å². The second-order valence-corrected chi connectivity index (χ2v) is 3.19. The van der Waals surface area contributed by atoms with E-state index in [1.807, 2.05) is 6.08 Å². The van der Waals surface area contributed by atoms with Gasteiger partial charge in [-0.05, 0) is 11.0 Å². The molecule has 1 aromatic rings. The van der Waals surface area contributed by atoms with Crippen LogP contribution in [0.4, 0.5) is 0 Å². The standard InChI is InChI=1S/C11H14BNO2/c1-2-3-4-11(13)9-5-7-10(8-6-9)12(14)15/h2-8,11,14-15H,1,13H2/b4-3-. The Balaban J connectivity index is 2.79. The maximum absolute atomic E-state index is 8.89. The van der Waals surface area contributed by atoms with Crippen LogP contribution in [0.5, 0.6) is 0 Å². The Morgan fingerprint density at radius 3 is 2.33 bits per heavy atom. The van der Waals surface area contributed by atoms with Gasteiger partial charge < -0.3 is 15.8 Å². The maximum Gasteiger partial charge on any atom is 0.488 e. The number of allylic oxidation sites excluding steroid dienone is 2. The molecule has 3 nitrogen and oxygen atoms in total. The molecule has 0 bridgehead atoms. The van der Waals surface area contributed by atoms with Gasteiger partial charge in [0.05, 0.1) is 0 Å². The van der Waals surface area contributed by atoms with Crippen molar-refractivity contribution in [1.29, 1.82) is 0 Å². The molecule has 0 saturated carbocycles. The maximum atomic E-state index is 8.89. The molecule has 15 heavy (non-hydrogen) atoms. The molecule has 1 unspecified atom stereocenters. The summed E-state index contributed by atoms with van der Waals surface area (Å²) in [5, 5.41) is 17.8. The van der Waals surface area contributed by atoms with E-state index >= 15 is 0 Å². The summed E-state index contributed by atoms with van der Waals surface area (Å²) in [7, 11) is -1.43. The third-order valence-corrected chi connectivity index (χ3v) is 2.07. The molecule has 0 amide bonds.